The molecule has 1 aliphatic rings. The quantitative estimate of drug-likeness (QED) is 0.894. The average Bonchev–Trinajstić information content (AvgIpc) is 2.53. The van der Waals surface area contributed by atoms with Crippen molar-refractivity contribution in [1.82, 2.24) is 10.3 Å². The van der Waals surface area contributed by atoms with E-state index in [4.69, 9.17) is 0 Å². The Morgan fingerprint density at radius 3 is 2.87 bits per heavy atom. The smallest absolute Gasteiger partial charge is 0.322 e. The van der Waals surface area contributed by atoms with Gasteiger partial charge in [0.25, 0.3) is 5.91 Å². The molecule has 0 bridgehead atoms. The molecule has 4 nitrogen and oxygen atoms in total. The van der Waals surface area contributed by atoms with Gasteiger partial charge >= 0.3 is 6.18 Å². The highest BCUT2D eigenvalue weighted by atomic mass is 19.4. The van der Waals surface area contributed by atoms with E-state index in [1.165, 1.54) is 18.3 Å². The molecule has 1 amide bonds. The van der Waals surface area contributed by atoms with Gasteiger partial charge in [-0.3, -0.25) is 9.78 Å². The van der Waals surface area contributed by atoms with Crippen LogP contribution in [-0.2, 0) is 19.1 Å². The molecule has 0 fully saturated rings. The standard InChI is InChI=1S/C16H14F3N3O/c17-16(18,19)11-2-1-3-12(6-11)22-15(23)14-9-21-8-10-7-20-5-4-13(10)14/h1-3,6,8-9,20H,4-5,7H2,(H,22,23). The third-order valence-electron chi connectivity index (χ3n) is 3.71. The minimum absolute atomic E-state index is 0.108. The van der Waals surface area contributed by atoms with Crippen molar-refractivity contribution in [2.75, 3.05) is 11.9 Å². The van der Waals surface area contributed by atoms with Crippen LogP contribution in [-0.4, -0.2) is 17.4 Å². The fourth-order valence-electron chi connectivity index (χ4n) is 2.58. The normalized spacial score (nSPS) is 14.2. The predicted molar refractivity (Wildman–Crippen MR) is 79.0 cm³/mol. The van der Waals surface area contributed by atoms with Gasteiger partial charge in [0.05, 0.1) is 11.1 Å². The van der Waals surface area contributed by atoms with Crippen molar-refractivity contribution in [3.8, 4) is 0 Å². The van der Waals surface area contributed by atoms with E-state index in [1.807, 2.05) is 0 Å². The van der Waals surface area contributed by atoms with Crippen LogP contribution < -0.4 is 10.6 Å². The monoisotopic (exact) mass is 321 g/mol. The molecule has 0 saturated heterocycles. The summed E-state index contributed by atoms with van der Waals surface area (Å²) in [7, 11) is 0. The molecule has 0 unspecified atom stereocenters. The lowest BCUT2D eigenvalue weighted by molar-refractivity contribution is -0.137. The zero-order chi connectivity index (χ0) is 16.4. The van der Waals surface area contributed by atoms with Crippen LogP contribution >= 0.6 is 0 Å². The minimum Gasteiger partial charge on any atom is -0.322 e. The molecule has 0 atom stereocenters. The van der Waals surface area contributed by atoms with Gasteiger partial charge in [-0.1, -0.05) is 6.07 Å². The van der Waals surface area contributed by atoms with Crippen molar-refractivity contribution in [2.45, 2.75) is 19.1 Å². The lowest BCUT2D eigenvalue weighted by atomic mass is 9.98. The number of alkyl halides is 3. The van der Waals surface area contributed by atoms with Gasteiger partial charge in [0.15, 0.2) is 0 Å². The average molecular weight is 321 g/mol. The Kier molecular flexibility index (Phi) is 4.04. The van der Waals surface area contributed by atoms with Crippen LogP contribution in [0.15, 0.2) is 36.7 Å². The highest BCUT2D eigenvalue weighted by Gasteiger charge is 2.30. The Labute approximate surface area is 130 Å². The number of fused-ring (bicyclic) bond motifs is 1. The second-order valence-electron chi connectivity index (χ2n) is 5.28. The number of nitrogens with one attached hydrogen (secondary N) is 2. The van der Waals surface area contributed by atoms with Crippen molar-refractivity contribution < 1.29 is 18.0 Å². The first kappa shape index (κ1) is 15.5. The van der Waals surface area contributed by atoms with Crippen LogP contribution in [0, 0.1) is 0 Å². The maximum absolute atomic E-state index is 12.7. The molecule has 0 saturated carbocycles. The molecule has 0 aliphatic carbocycles. The number of hydrogen-bond acceptors (Lipinski definition) is 3. The number of halogens is 3. The number of amides is 1. The van der Waals surface area contributed by atoms with Gasteiger partial charge in [-0.2, -0.15) is 13.2 Å². The van der Waals surface area contributed by atoms with E-state index in [9.17, 15) is 18.0 Å². The first-order chi connectivity index (χ1) is 10.9. The SMILES string of the molecule is O=C(Nc1cccc(C(F)(F)F)c1)c1cncc2c1CCNC2. The molecule has 0 radical (unpaired) electrons. The van der Waals surface area contributed by atoms with Crippen molar-refractivity contribution in [3.05, 3.63) is 58.9 Å². The van der Waals surface area contributed by atoms with Crippen LogP contribution in [0.4, 0.5) is 18.9 Å². The fourth-order valence-corrected chi connectivity index (χ4v) is 2.58. The van der Waals surface area contributed by atoms with E-state index in [0.29, 0.717) is 18.5 Å². The van der Waals surface area contributed by atoms with E-state index in [2.05, 4.69) is 15.6 Å². The zero-order valence-electron chi connectivity index (χ0n) is 12.1. The highest BCUT2D eigenvalue weighted by Crippen LogP contribution is 2.30. The first-order valence-corrected chi connectivity index (χ1v) is 7.10. The lowest BCUT2D eigenvalue weighted by Gasteiger charge is -2.19. The topological polar surface area (TPSA) is 54.0 Å². The van der Waals surface area contributed by atoms with Gasteiger partial charge in [-0.25, -0.2) is 0 Å². The first-order valence-electron chi connectivity index (χ1n) is 7.10. The number of carbonyl (C=O) groups excluding carboxylic acids is 1. The molecule has 120 valence electrons. The second-order valence-corrected chi connectivity index (χ2v) is 5.28. The molecule has 2 heterocycles. The summed E-state index contributed by atoms with van der Waals surface area (Å²) in [6.07, 6.45) is -0.612. The summed E-state index contributed by atoms with van der Waals surface area (Å²) in [4.78, 5) is 16.4. The van der Waals surface area contributed by atoms with Crippen molar-refractivity contribution in [2.24, 2.45) is 0 Å². The lowest BCUT2D eigenvalue weighted by Crippen LogP contribution is -2.27. The van der Waals surface area contributed by atoms with Gasteiger partial charge in [0.2, 0.25) is 0 Å². The number of pyridine rings is 1. The van der Waals surface area contributed by atoms with Crippen LogP contribution in [0.2, 0.25) is 0 Å². The number of carbonyl (C=O) groups is 1. The van der Waals surface area contributed by atoms with Crippen molar-refractivity contribution in [1.29, 1.82) is 0 Å². The Morgan fingerprint density at radius 1 is 1.26 bits per heavy atom. The molecule has 2 N–H and O–H groups in total. The maximum Gasteiger partial charge on any atom is 0.416 e. The molecular weight excluding hydrogens is 307 g/mol. The number of benzene rings is 1. The van der Waals surface area contributed by atoms with Crippen molar-refractivity contribution in [3.63, 3.8) is 0 Å². The Morgan fingerprint density at radius 2 is 2.09 bits per heavy atom. The van der Waals surface area contributed by atoms with E-state index in [1.54, 1.807) is 6.20 Å². The van der Waals surface area contributed by atoms with E-state index >= 15 is 0 Å². The molecule has 3 rings (SSSR count). The Hall–Kier alpha value is -2.41. The second kappa shape index (κ2) is 6.00. The van der Waals surface area contributed by atoms with Crippen LogP contribution in [0.25, 0.3) is 0 Å². The minimum atomic E-state index is -4.44. The van der Waals surface area contributed by atoms with Crippen LogP contribution in [0.3, 0.4) is 0 Å². The molecular formula is C16H14F3N3O. The molecule has 1 aromatic carbocycles. The number of rotatable bonds is 2. The molecule has 0 spiro atoms. The highest BCUT2D eigenvalue weighted by molar-refractivity contribution is 6.05. The predicted octanol–water partition coefficient (Wildman–Crippen LogP) is 3.00. The summed E-state index contributed by atoms with van der Waals surface area (Å²) in [6.45, 7) is 1.38. The summed E-state index contributed by atoms with van der Waals surface area (Å²) in [5.74, 6) is -0.449. The summed E-state index contributed by atoms with van der Waals surface area (Å²) in [5, 5.41) is 5.71. The van der Waals surface area contributed by atoms with Gasteiger partial charge < -0.3 is 10.6 Å². The molecule has 2 aromatic rings. The van der Waals surface area contributed by atoms with Crippen molar-refractivity contribution >= 4 is 11.6 Å². The van der Waals surface area contributed by atoms with Gasteiger partial charge in [-0.15, -0.1) is 0 Å². The van der Waals surface area contributed by atoms with Crippen LogP contribution in [0.1, 0.15) is 27.0 Å². The summed E-state index contributed by atoms with van der Waals surface area (Å²) in [5.41, 5.74) is 1.54. The van der Waals surface area contributed by atoms with E-state index in [0.717, 1.165) is 29.8 Å². The summed E-state index contributed by atoms with van der Waals surface area (Å²) >= 11 is 0. The largest absolute Gasteiger partial charge is 0.416 e. The van der Waals surface area contributed by atoms with Crippen LogP contribution in [0.5, 0.6) is 0 Å². The molecule has 7 heteroatoms. The zero-order valence-corrected chi connectivity index (χ0v) is 12.1. The number of hydrogen-bond donors (Lipinski definition) is 2. The molecule has 1 aliphatic heterocycles. The Balaban J connectivity index is 1.86. The number of nitrogens with zero attached hydrogens (tertiary/aromatic N) is 1. The fraction of sp³-hybridized carbons (Fsp3) is 0.250. The summed E-state index contributed by atoms with van der Waals surface area (Å²) < 4.78 is 38.2. The number of aromatic nitrogens is 1. The summed E-state index contributed by atoms with van der Waals surface area (Å²) in [6, 6.07) is 4.58. The molecule has 23 heavy (non-hydrogen) atoms. The van der Waals surface area contributed by atoms with Gasteiger partial charge in [0, 0.05) is 24.6 Å². The van der Waals surface area contributed by atoms with E-state index in [-0.39, 0.29) is 5.69 Å². The van der Waals surface area contributed by atoms with Gasteiger partial charge in [0.1, 0.15) is 0 Å². The molecule has 1 aromatic heterocycles. The third-order valence-corrected chi connectivity index (χ3v) is 3.71. The van der Waals surface area contributed by atoms with E-state index < -0.39 is 17.6 Å². The third kappa shape index (κ3) is 3.34. The maximum atomic E-state index is 12.7. The number of anilines is 1. The van der Waals surface area contributed by atoms with Gasteiger partial charge in [-0.05, 0) is 42.3 Å². The Bertz CT molecular complexity index is 744.